The first-order chi connectivity index (χ1) is 13.5. The fourth-order valence-corrected chi connectivity index (χ4v) is 3.20. The largest absolute Gasteiger partial charge is 0.495 e. The number of carbonyl (C=O) groups is 3. The summed E-state index contributed by atoms with van der Waals surface area (Å²) in [6.45, 7) is 0.627. The van der Waals surface area contributed by atoms with Crippen LogP contribution in [0.1, 0.15) is 35.2 Å². The van der Waals surface area contributed by atoms with Crippen molar-refractivity contribution in [3.8, 4) is 5.75 Å². The van der Waals surface area contributed by atoms with Crippen LogP contribution in [0.2, 0.25) is 0 Å². The van der Waals surface area contributed by atoms with E-state index in [0.29, 0.717) is 35.7 Å². The van der Waals surface area contributed by atoms with Crippen molar-refractivity contribution in [2.24, 2.45) is 0 Å². The molecule has 1 saturated heterocycles. The maximum atomic E-state index is 12.4. The molecule has 1 aliphatic heterocycles. The number of ether oxygens (including phenoxy) is 1. The molecule has 0 aromatic heterocycles. The Morgan fingerprint density at radius 2 is 1.89 bits per heavy atom. The minimum absolute atomic E-state index is 0.0477. The van der Waals surface area contributed by atoms with Gasteiger partial charge in [-0.1, -0.05) is 12.1 Å². The number of carboxylic acids is 1. The second-order valence-corrected chi connectivity index (χ2v) is 6.62. The lowest BCUT2D eigenvalue weighted by Crippen LogP contribution is -2.35. The monoisotopic (exact) mass is 382 g/mol. The zero-order valence-electron chi connectivity index (χ0n) is 15.6. The molecule has 0 radical (unpaired) electrons. The first-order valence-corrected chi connectivity index (χ1v) is 9.08. The van der Waals surface area contributed by atoms with Crippen molar-refractivity contribution in [3.05, 3.63) is 53.6 Å². The molecule has 2 aromatic rings. The van der Waals surface area contributed by atoms with E-state index >= 15 is 0 Å². The van der Waals surface area contributed by atoms with Crippen LogP contribution in [0.4, 0.5) is 11.4 Å². The fourth-order valence-electron chi connectivity index (χ4n) is 3.20. The molecule has 1 fully saturated rings. The van der Waals surface area contributed by atoms with E-state index in [1.54, 1.807) is 42.3 Å². The van der Waals surface area contributed by atoms with E-state index in [-0.39, 0.29) is 23.8 Å². The van der Waals surface area contributed by atoms with Crippen LogP contribution in [0.25, 0.3) is 0 Å². The Morgan fingerprint density at radius 3 is 2.54 bits per heavy atom. The van der Waals surface area contributed by atoms with E-state index in [1.807, 2.05) is 0 Å². The summed E-state index contributed by atoms with van der Waals surface area (Å²) in [7, 11) is 1.55. The first-order valence-electron chi connectivity index (χ1n) is 9.08. The van der Waals surface area contributed by atoms with Crippen molar-refractivity contribution in [1.82, 2.24) is 0 Å². The Morgan fingerprint density at radius 1 is 1.14 bits per heavy atom. The number of piperidine rings is 1. The number of carbonyl (C=O) groups excluding carboxylic acids is 2. The Hall–Kier alpha value is -3.35. The normalized spacial score (nSPS) is 13.9. The van der Waals surface area contributed by atoms with E-state index in [9.17, 15) is 14.4 Å². The molecule has 146 valence electrons. The second kappa shape index (κ2) is 8.56. The zero-order valence-corrected chi connectivity index (χ0v) is 15.6. The number of amides is 2. The molecule has 1 heterocycles. The highest BCUT2D eigenvalue weighted by Crippen LogP contribution is 2.33. The number of methoxy groups -OCH3 is 1. The molecule has 7 heteroatoms. The van der Waals surface area contributed by atoms with Crippen LogP contribution in [0.3, 0.4) is 0 Å². The minimum Gasteiger partial charge on any atom is -0.495 e. The summed E-state index contributed by atoms with van der Waals surface area (Å²) in [4.78, 5) is 37.2. The third kappa shape index (κ3) is 4.49. The van der Waals surface area contributed by atoms with Gasteiger partial charge in [-0.05, 0) is 48.7 Å². The van der Waals surface area contributed by atoms with Crippen molar-refractivity contribution in [2.45, 2.75) is 25.7 Å². The summed E-state index contributed by atoms with van der Waals surface area (Å²) in [5.74, 6) is -0.609. The molecule has 28 heavy (non-hydrogen) atoms. The number of rotatable bonds is 6. The third-order valence-corrected chi connectivity index (χ3v) is 4.64. The molecule has 1 aliphatic rings. The van der Waals surface area contributed by atoms with Gasteiger partial charge in [0.2, 0.25) is 11.8 Å². The first kappa shape index (κ1) is 19.4. The van der Waals surface area contributed by atoms with Gasteiger partial charge >= 0.3 is 5.97 Å². The van der Waals surface area contributed by atoms with E-state index < -0.39 is 5.97 Å². The number of nitrogens with zero attached hydrogens (tertiary/aromatic N) is 1. The van der Waals surface area contributed by atoms with Crippen LogP contribution in [0.15, 0.2) is 42.5 Å². The highest BCUT2D eigenvalue weighted by molar-refractivity contribution is 5.98. The predicted molar refractivity (Wildman–Crippen MR) is 105 cm³/mol. The van der Waals surface area contributed by atoms with Crippen LogP contribution < -0.4 is 15.0 Å². The summed E-state index contributed by atoms with van der Waals surface area (Å²) < 4.78 is 5.38. The number of hydrogen-bond acceptors (Lipinski definition) is 4. The number of aromatic carboxylic acids is 1. The summed E-state index contributed by atoms with van der Waals surface area (Å²) in [5.41, 5.74) is 2.11. The number of benzene rings is 2. The summed E-state index contributed by atoms with van der Waals surface area (Å²) in [6.07, 6.45) is 2.43. The Balaban J connectivity index is 1.72. The maximum Gasteiger partial charge on any atom is 0.335 e. The van der Waals surface area contributed by atoms with Gasteiger partial charge in [0.15, 0.2) is 0 Å². The molecule has 7 nitrogen and oxygen atoms in total. The maximum absolute atomic E-state index is 12.4. The second-order valence-electron chi connectivity index (χ2n) is 6.62. The number of hydrogen-bond donors (Lipinski definition) is 2. The number of nitrogens with one attached hydrogen (secondary N) is 1. The van der Waals surface area contributed by atoms with Gasteiger partial charge < -0.3 is 20.1 Å². The molecule has 2 aromatic carbocycles. The average molecular weight is 382 g/mol. The Labute approximate surface area is 162 Å². The van der Waals surface area contributed by atoms with E-state index in [0.717, 1.165) is 12.8 Å². The van der Waals surface area contributed by atoms with E-state index in [4.69, 9.17) is 9.84 Å². The fraction of sp³-hybridized carbons (Fsp3) is 0.286. The van der Waals surface area contributed by atoms with E-state index in [2.05, 4.69) is 5.32 Å². The molecule has 2 amide bonds. The standard InChI is InChI=1S/C21H22N2O5/c1-28-18-10-9-16(13-17(18)23-11-3-2-4-20(23)25)22-19(24)12-14-5-7-15(8-6-14)21(26)27/h5-10,13H,2-4,11-12H2,1H3,(H,22,24)(H,26,27). The SMILES string of the molecule is COc1ccc(NC(=O)Cc2ccc(C(=O)O)cc2)cc1N1CCCCC1=O. The number of carboxylic acid groups (broad SMARTS) is 1. The molecule has 0 spiro atoms. The van der Waals surface area contributed by atoms with Gasteiger partial charge in [-0.3, -0.25) is 9.59 Å². The van der Waals surface area contributed by atoms with Gasteiger partial charge in [0.05, 0.1) is 24.8 Å². The van der Waals surface area contributed by atoms with Crippen molar-refractivity contribution in [3.63, 3.8) is 0 Å². The van der Waals surface area contributed by atoms with Gasteiger partial charge in [-0.25, -0.2) is 4.79 Å². The van der Waals surface area contributed by atoms with Gasteiger partial charge in [0, 0.05) is 18.7 Å². The van der Waals surface area contributed by atoms with Crippen molar-refractivity contribution in [2.75, 3.05) is 23.9 Å². The highest BCUT2D eigenvalue weighted by Gasteiger charge is 2.23. The Bertz CT molecular complexity index is 892. The average Bonchev–Trinajstić information content (AvgIpc) is 2.68. The van der Waals surface area contributed by atoms with Crippen LogP contribution in [-0.4, -0.2) is 36.5 Å². The van der Waals surface area contributed by atoms with Gasteiger partial charge in [0.25, 0.3) is 0 Å². The summed E-state index contributed by atoms with van der Waals surface area (Å²) >= 11 is 0. The van der Waals surface area contributed by atoms with Crippen LogP contribution >= 0.6 is 0 Å². The highest BCUT2D eigenvalue weighted by atomic mass is 16.5. The van der Waals surface area contributed by atoms with Crippen molar-refractivity contribution >= 4 is 29.2 Å². The molecule has 3 rings (SSSR count). The van der Waals surface area contributed by atoms with E-state index in [1.165, 1.54) is 12.1 Å². The molecular weight excluding hydrogens is 360 g/mol. The molecule has 0 aliphatic carbocycles. The quantitative estimate of drug-likeness (QED) is 0.800. The Kier molecular flexibility index (Phi) is 5.93. The smallest absolute Gasteiger partial charge is 0.335 e. The zero-order chi connectivity index (χ0) is 20.1. The third-order valence-electron chi connectivity index (χ3n) is 4.64. The number of anilines is 2. The molecule has 2 N–H and O–H groups in total. The lowest BCUT2D eigenvalue weighted by molar-refractivity contribution is -0.119. The van der Waals surface area contributed by atoms with Crippen LogP contribution in [0, 0.1) is 0 Å². The van der Waals surface area contributed by atoms with Crippen molar-refractivity contribution in [1.29, 1.82) is 0 Å². The molecular formula is C21H22N2O5. The van der Waals surface area contributed by atoms with Crippen molar-refractivity contribution < 1.29 is 24.2 Å². The lowest BCUT2D eigenvalue weighted by atomic mass is 10.1. The molecule has 0 atom stereocenters. The molecule has 0 bridgehead atoms. The lowest BCUT2D eigenvalue weighted by Gasteiger charge is -2.28. The minimum atomic E-state index is -1.01. The summed E-state index contributed by atoms with van der Waals surface area (Å²) in [5, 5.41) is 11.8. The molecule has 0 saturated carbocycles. The topological polar surface area (TPSA) is 95.9 Å². The predicted octanol–water partition coefficient (Wildman–Crippen LogP) is 3.09. The van der Waals surface area contributed by atoms with Gasteiger partial charge in [0.1, 0.15) is 5.75 Å². The summed E-state index contributed by atoms with van der Waals surface area (Å²) in [6, 6.07) is 11.4. The van der Waals surface area contributed by atoms with Crippen LogP contribution in [0.5, 0.6) is 5.75 Å². The van der Waals surface area contributed by atoms with Gasteiger partial charge in [-0.15, -0.1) is 0 Å². The van der Waals surface area contributed by atoms with Gasteiger partial charge in [-0.2, -0.15) is 0 Å². The molecule has 0 unspecified atom stereocenters. The van der Waals surface area contributed by atoms with Crippen LogP contribution in [-0.2, 0) is 16.0 Å².